The number of halogens is 1. The van der Waals surface area contributed by atoms with Gasteiger partial charge in [-0.1, -0.05) is 18.2 Å². The Hall–Kier alpha value is -1.15. The summed E-state index contributed by atoms with van der Waals surface area (Å²) in [5, 5.41) is 0. The maximum Gasteiger partial charge on any atom is 0.123 e. The number of hydrogen-bond donors (Lipinski definition) is 1. The van der Waals surface area contributed by atoms with Gasteiger partial charge >= 0.3 is 0 Å². The highest BCUT2D eigenvalue weighted by molar-refractivity contribution is 5.28. The molecule has 1 nitrogen and oxygen atoms in total. The zero-order valence-corrected chi connectivity index (χ0v) is 8.46. The molecular weight excluding hydrogens is 177 g/mol. The molecule has 0 unspecified atom stereocenters. The van der Waals surface area contributed by atoms with Crippen LogP contribution in [0.25, 0.3) is 0 Å². The Bertz CT molecular complexity index is 318. The Kier molecular flexibility index (Phi) is 4.33. The number of nitrogens with two attached hydrogens (primary N) is 1. The zero-order valence-electron chi connectivity index (χ0n) is 8.46. The summed E-state index contributed by atoms with van der Waals surface area (Å²) in [6, 6.07) is 4.89. The van der Waals surface area contributed by atoms with E-state index in [0.717, 1.165) is 18.4 Å². The van der Waals surface area contributed by atoms with Crippen molar-refractivity contribution in [2.45, 2.75) is 19.8 Å². The molecule has 2 heteroatoms. The maximum absolute atomic E-state index is 12.8. The molecular formula is C12H16FN. The maximum atomic E-state index is 12.8. The van der Waals surface area contributed by atoms with Gasteiger partial charge in [0.15, 0.2) is 0 Å². The minimum Gasteiger partial charge on any atom is -0.330 e. The average molecular weight is 193 g/mol. The molecule has 0 fully saturated rings. The van der Waals surface area contributed by atoms with E-state index < -0.39 is 0 Å². The van der Waals surface area contributed by atoms with Crippen molar-refractivity contribution in [2.24, 2.45) is 5.73 Å². The third-order valence-electron chi connectivity index (χ3n) is 2.14. The standard InChI is InChI=1S/C12H16FN/c1-10-9-12(13)7-6-11(10)5-3-2-4-8-14/h2-3,6-7,9H,4-5,8,14H2,1H3/b3-2+. The Labute approximate surface area is 84.4 Å². The Morgan fingerprint density at radius 3 is 2.79 bits per heavy atom. The highest BCUT2D eigenvalue weighted by Crippen LogP contribution is 2.11. The molecule has 14 heavy (non-hydrogen) atoms. The van der Waals surface area contributed by atoms with Crippen LogP contribution in [-0.4, -0.2) is 6.54 Å². The molecule has 1 rings (SSSR count). The molecule has 0 radical (unpaired) electrons. The molecule has 0 aliphatic rings. The van der Waals surface area contributed by atoms with Crippen molar-refractivity contribution in [3.63, 3.8) is 0 Å². The van der Waals surface area contributed by atoms with Crippen LogP contribution in [-0.2, 0) is 6.42 Å². The highest BCUT2D eigenvalue weighted by Gasteiger charge is 1.97. The number of hydrogen-bond acceptors (Lipinski definition) is 1. The lowest BCUT2D eigenvalue weighted by atomic mass is 10.1. The van der Waals surface area contributed by atoms with Crippen LogP contribution in [0, 0.1) is 12.7 Å². The molecule has 0 saturated carbocycles. The lowest BCUT2D eigenvalue weighted by Gasteiger charge is -2.01. The molecule has 0 bridgehead atoms. The van der Waals surface area contributed by atoms with Crippen LogP contribution in [0.2, 0.25) is 0 Å². The van der Waals surface area contributed by atoms with Gasteiger partial charge in [0.05, 0.1) is 0 Å². The van der Waals surface area contributed by atoms with Crippen molar-refractivity contribution in [3.8, 4) is 0 Å². The first-order valence-electron chi connectivity index (χ1n) is 4.84. The largest absolute Gasteiger partial charge is 0.330 e. The van der Waals surface area contributed by atoms with Crippen LogP contribution >= 0.6 is 0 Å². The van der Waals surface area contributed by atoms with E-state index in [1.807, 2.05) is 13.0 Å². The third kappa shape index (κ3) is 3.30. The highest BCUT2D eigenvalue weighted by atomic mass is 19.1. The Morgan fingerprint density at radius 1 is 1.36 bits per heavy atom. The zero-order chi connectivity index (χ0) is 10.4. The van der Waals surface area contributed by atoms with Crippen molar-refractivity contribution in [2.75, 3.05) is 6.54 Å². The monoisotopic (exact) mass is 193 g/mol. The summed E-state index contributed by atoms with van der Waals surface area (Å²) in [4.78, 5) is 0. The molecule has 0 aliphatic carbocycles. The molecule has 1 aromatic carbocycles. The topological polar surface area (TPSA) is 26.0 Å². The molecule has 0 saturated heterocycles. The van der Waals surface area contributed by atoms with Gasteiger partial charge in [0, 0.05) is 0 Å². The van der Waals surface area contributed by atoms with Crippen LogP contribution in [0.5, 0.6) is 0 Å². The number of aryl methyl sites for hydroxylation is 1. The summed E-state index contributed by atoms with van der Waals surface area (Å²) in [6.07, 6.45) is 5.89. The lowest BCUT2D eigenvalue weighted by Crippen LogP contribution is -1.95. The van der Waals surface area contributed by atoms with Crippen molar-refractivity contribution in [1.82, 2.24) is 0 Å². The van der Waals surface area contributed by atoms with E-state index in [-0.39, 0.29) is 5.82 Å². The van der Waals surface area contributed by atoms with Crippen LogP contribution in [0.3, 0.4) is 0 Å². The second kappa shape index (κ2) is 5.55. The normalized spacial score (nSPS) is 11.1. The van der Waals surface area contributed by atoms with Crippen molar-refractivity contribution >= 4 is 0 Å². The van der Waals surface area contributed by atoms with Crippen molar-refractivity contribution in [1.29, 1.82) is 0 Å². The van der Waals surface area contributed by atoms with Crippen LogP contribution in [0.15, 0.2) is 30.4 Å². The van der Waals surface area contributed by atoms with E-state index in [1.165, 1.54) is 11.6 Å². The lowest BCUT2D eigenvalue weighted by molar-refractivity contribution is 0.626. The van der Waals surface area contributed by atoms with Crippen LogP contribution < -0.4 is 5.73 Å². The molecule has 0 heterocycles. The SMILES string of the molecule is Cc1cc(F)ccc1C/C=C/CCN. The summed E-state index contributed by atoms with van der Waals surface area (Å²) in [7, 11) is 0. The van der Waals surface area contributed by atoms with Crippen LogP contribution in [0.4, 0.5) is 4.39 Å². The van der Waals surface area contributed by atoms with Gasteiger partial charge in [-0.25, -0.2) is 4.39 Å². The molecule has 1 aromatic rings. The summed E-state index contributed by atoms with van der Waals surface area (Å²) >= 11 is 0. The van der Waals surface area contributed by atoms with E-state index in [0.29, 0.717) is 6.54 Å². The number of allylic oxidation sites excluding steroid dienone is 1. The van der Waals surface area contributed by atoms with E-state index in [2.05, 4.69) is 12.2 Å². The van der Waals surface area contributed by atoms with Gasteiger partial charge in [0.1, 0.15) is 5.82 Å². The molecule has 0 spiro atoms. The first-order valence-corrected chi connectivity index (χ1v) is 4.84. The fourth-order valence-corrected chi connectivity index (χ4v) is 1.31. The molecule has 0 aromatic heterocycles. The summed E-state index contributed by atoms with van der Waals surface area (Å²) in [5.74, 6) is -0.169. The van der Waals surface area contributed by atoms with Gasteiger partial charge in [-0.15, -0.1) is 0 Å². The predicted octanol–water partition coefficient (Wildman–Crippen LogP) is 2.58. The van der Waals surface area contributed by atoms with Gasteiger partial charge in [0.25, 0.3) is 0 Å². The first-order chi connectivity index (χ1) is 6.74. The molecule has 0 amide bonds. The molecule has 76 valence electrons. The van der Waals surface area contributed by atoms with Gasteiger partial charge in [0.2, 0.25) is 0 Å². The second-order valence-electron chi connectivity index (χ2n) is 3.32. The van der Waals surface area contributed by atoms with E-state index >= 15 is 0 Å². The summed E-state index contributed by atoms with van der Waals surface area (Å²) in [6.45, 7) is 2.61. The average Bonchev–Trinajstić information content (AvgIpc) is 2.15. The molecule has 0 atom stereocenters. The second-order valence-corrected chi connectivity index (χ2v) is 3.32. The first kappa shape index (κ1) is 10.9. The Morgan fingerprint density at radius 2 is 2.14 bits per heavy atom. The Balaban J connectivity index is 2.59. The molecule has 0 aliphatic heterocycles. The third-order valence-corrected chi connectivity index (χ3v) is 2.14. The number of benzene rings is 1. The van der Waals surface area contributed by atoms with Crippen molar-refractivity contribution < 1.29 is 4.39 Å². The predicted molar refractivity (Wildman–Crippen MR) is 57.7 cm³/mol. The van der Waals surface area contributed by atoms with Gasteiger partial charge in [-0.3, -0.25) is 0 Å². The quantitative estimate of drug-likeness (QED) is 0.731. The van der Waals surface area contributed by atoms with Gasteiger partial charge in [-0.2, -0.15) is 0 Å². The van der Waals surface area contributed by atoms with Gasteiger partial charge in [-0.05, 0) is 49.6 Å². The fourth-order valence-electron chi connectivity index (χ4n) is 1.31. The van der Waals surface area contributed by atoms with E-state index in [1.54, 1.807) is 6.07 Å². The molecule has 2 N–H and O–H groups in total. The minimum absolute atomic E-state index is 0.169. The minimum atomic E-state index is -0.169. The fraction of sp³-hybridized carbons (Fsp3) is 0.333. The van der Waals surface area contributed by atoms with Crippen LogP contribution in [0.1, 0.15) is 17.5 Å². The summed E-state index contributed by atoms with van der Waals surface area (Å²) in [5.41, 5.74) is 7.53. The smallest absolute Gasteiger partial charge is 0.123 e. The van der Waals surface area contributed by atoms with Gasteiger partial charge < -0.3 is 5.73 Å². The van der Waals surface area contributed by atoms with E-state index in [9.17, 15) is 4.39 Å². The van der Waals surface area contributed by atoms with E-state index in [4.69, 9.17) is 5.73 Å². The number of rotatable bonds is 4. The van der Waals surface area contributed by atoms with Crippen molar-refractivity contribution in [3.05, 3.63) is 47.3 Å². The summed E-state index contributed by atoms with van der Waals surface area (Å²) < 4.78 is 12.8.